The Labute approximate surface area is 80.3 Å². The summed E-state index contributed by atoms with van der Waals surface area (Å²) in [5.74, 6) is -1.05. The number of halogens is 1. The quantitative estimate of drug-likeness (QED) is 0.741. The fraction of sp³-hybridized carbons (Fsp3) is 0. The minimum Gasteiger partial charge on any atom is -0.478 e. The molecule has 0 saturated carbocycles. The molecular formula is C6H3BrN4O2. The van der Waals surface area contributed by atoms with Crippen molar-refractivity contribution in [2.45, 2.75) is 0 Å². The van der Waals surface area contributed by atoms with Crippen molar-refractivity contribution in [3.8, 4) is 0 Å². The zero-order valence-corrected chi connectivity index (χ0v) is 7.76. The van der Waals surface area contributed by atoms with E-state index in [1.54, 1.807) is 6.07 Å². The van der Waals surface area contributed by atoms with Crippen LogP contribution in [0.1, 0.15) is 10.4 Å². The summed E-state index contributed by atoms with van der Waals surface area (Å²) in [6.45, 7) is 0. The fourth-order valence-corrected chi connectivity index (χ4v) is 1.33. The van der Waals surface area contributed by atoms with E-state index < -0.39 is 5.97 Å². The van der Waals surface area contributed by atoms with Crippen molar-refractivity contribution in [2.75, 3.05) is 0 Å². The minimum absolute atomic E-state index is 0.0770. The Morgan fingerprint density at radius 2 is 2.31 bits per heavy atom. The smallest absolute Gasteiger partial charge is 0.339 e. The van der Waals surface area contributed by atoms with Crippen molar-refractivity contribution in [1.82, 2.24) is 20.0 Å². The monoisotopic (exact) mass is 242 g/mol. The highest BCUT2D eigenvalue weighted by atomic mass is 79.9. The van der Waals surface area contributed by atoms with Gasteiger partial charge >= 0.3 is 5.97 Å². The lowest BCUT2D eigenvalue weighted by atomic mass is 10.3. The van der Waals surface area contributed by atoms with Crippen molar-refractivity contribution in [3.05, 3.63) is 22.3 Å². The van der Waals surface area contributed by atoms with Crippen molar-refractivity contribution in [1.29, 1.82) is 0 Å². The first-order valence-corrected chi connectivity index (χ1v) is 4.09. The number of carboxylic acid groups (broad SMARTS) is 1. The Hall–Kier alpha value is -1.50. The fourth-order valence-electron chi connectivity index (χ4n) is 0.963. The van der Waals surface area contributed by atoms with Gasteiger partial charge in [-0.3, -0.25) is 0 Å². The molecule has 0 aliphatic rings. The summed E-state index contributed by atoms with van der Waals surface area (Å²) in [7, 11) is 0. The molecule has 6 nitrogen and oxygen atoms in total. The van der Waals surface area contributed by atoms with E-state index in [0.29, 0.717) is 4.60 Å². The van der Waals surface area contributed by atoms with Crippen molar-refractivity contribution in [2.24, 2.45) is 0 Å². The van der Waals surface area contributed by atoms with Crippen LogP contribution in [0.4, 0.5) is 0 Å². The predicted octanol–water partition coefficient (Wildman–Crippen LogP) is 0.585. The molecule has 0 unspecified atom stereocenters. The van der Waals surface area contributed by atoms with Crippen LogP contribution in [-0.4, -0.2) is 31.1 Å². The van der Waals surface area contributed by atoms with E-state index >= 15 is 0 Å². The second-order valence-corrected chi connectivity index (χ2v) is 3.10. The van der Waals surface area contributed by atoms with Crippen LogP contribution in [-0.2, 0) is 0 Å². The average molecular weight is 243 g/mol. The van der Waals surface area contributed by atoms with Crippen LogP contribution >= 0.6 is 15.9 Å². The number of hydrogen-bond donors (Lipinski definition) is 1. The van der Waals surface area contributed by atoms with Gasteiger partial charge in [0.15, 0.2) is 5.65 Å². The number of aromatic carboxylic acids is 1. The molecule has 0 aliphatic heterocycles. The normalized spacial score (nSPS) is 10.5. The Balaban J connectivity index is 2.86. The lowest BCUT2D eigenvalue weighted by Gasteiger charge is -1.97. The van der Waals surface area contributed by atoms with Gasteiger partial charge in [0.2, 0.25) is 0 Å². The lowest BCUT2D eigenvalue weighted by Crippen LogP contribution is -2.01. The molecule has 2 heterocycles. The molecule has 0 aliphatic carbocycles. The summed E-state index contributed by atoms with van der Waals surface area (Å²) < 4.78 is 1.92. The maximum Gasteiger partial charge on any atom is 0.339 e. The van der Waals surface area contributed by atoms with Gasteiger partial charge in [0.1, 0.15) is 10.2 Å². The summed E-state index contributed by atoms with van der Waals surface area (Å²) in [5, 5.41) is 19.3. The van der Waals surface area contributed by atoms with Gasteiger partial charge in [-0.1, -0.05) is 0 Å². The van der Waals surface area contributed by atoms with E-state index in [-0.39, 0.29) is 11.2 Å². The maximum atomic E-state index is 10.7. The number of hydrogen-bond acceptors (Lipinski definition) is 4. The maximum absolute atomic E-state index is 10.7. The first-order chi connectivity index (χ1) is 6.20. The van der Waals surface area contributed by atoms with Gasteiger partial charge < -0.3 is 5.11 Å². The molecule has 7 heteroatoms. The first kappa shape index (κ1) is 8.11. The highest BCUT2D eigenvalue weighted by molar-refractivity contribution is 9.10. The zero-order chi connectivity index (χ0) is 9.42. The number of carboxylic acids is 1. The van der Waals surface area contributed by atoms with Crippen LogP contribution in [0, 0.1) is 0 Å². The van der Waals surface area contributed by atoms with Gasteiger partial charge in [0.25, 0.3) is 0 Å². The number of aromatic nitrogens is 4. The minimum atomic E-state index is -1.05. The van der Waals surface area contributed by atoms with E-state index in [0.717, 1.165) is 0 Å². The van der Waals surface area contributed by atoms with Gasteiger partial charge in [-0.25, -0.2) is 4.79 Å². The lowest BCUT2D eigenvalue weighted by molar-refractivity contribution is 0.0698. The molecule has 2 aromatic heterocycles. The topological polar surface area (TPSA) is 80.4 Å². The largest absolute Gasteiger partial charge is 0.478 e. The third kappa shape index (κ3) is 1.17. The Bertz CT molecular complexity index is 480. The SMILES string of the molecule is O=C(O)c1ccc(Br)n2nnnc12. The molecule has 0 amide bonds. The highest BCUT2D eigenvalue weighted by Gasteiger charge is 2.12. The third-order valence-corrected chi connectivity index (χ3v) is 2.13. The summed E-state index contributed by atoms with van der Waals surface area (Å²) >= 11 is 3.19. The highest BCUT2D eigenvalue weighted by Crippen LogP contribution is 2.14. The number of carbonyl (C=O) groups is 1. The molecular weight excluding hydrogens is 240 g/mol. The van der Waals surface area contributed by atoms with E-state index in [2.05, 4.69) is 31.5 Å². The zero-order valence-electron chi connectivity index (χ0n) is 6.18. The van der Waals surface area contributed by atoms with Gasteiger partial charge in [-0.2, -0.15) is 4.52 Å². The predicted molar refractivity (Wildman–Crippen MR) is 45.4 cm³/mol. The molecule has 13 heavy (non-hydrogen) atoms. The van der Waals surface area contributed by atoms with Crippen LogP contribution in [0.3, 0.4) is 0 Å². The Morgan fingerprint density at radius 1 is 1.54 bits per heavy atom. The van der Waals surface area contributed by atoms with E-state index in [9.17, 15) is 4.79 Å². The van der Waals surface area contributed by atoms with Crippen LogP contribution in [0.5, 0.6) is 0 Å². The molecule has 0 saturated heterocycles. The van der Waals surface area contributed by atoms with Crippen LogP contribution < -0.4 is 0 Å². The van der Waals surface area contributed by atoms with Gasteiger partial charge in [0, 0.05) is 0 Å². The molecule has 0 atom stereocenters. The molecule has 0 radical (unpaired) electrons. The number of rotatable bonds is 1. The molecule has 0 bridgehead atoms. The van der Waals surface area contributed by atoms with Gasteiger partial charge in [-0.05, 0) is 38.5 Å². The molecule has 2 aromatic rings. The Kier molecular flexibility index (Phi) is 1.73. The van der Waals surface area contributed by atoms with Crippen molar-refractivity contribution in [3.63, 3.8) is 0 Å². The number of pyridine rings is 1. The van der Waals surface area contributed by atoms with Crippen molar-refractivity contribution >= 4 is 27.5 Å². The number of tetrazole rings is 1. The molecule has 0 spiro atoms. The third-order valence-electron chi connectivity index (χ3n) is 1.53. The summed E-state index contributed by atoms with van der Waals surface area (Å²) in [5.41, 5.74) is 0.301. The van der Waals surface area contributed by atoms with Crippen molar-refractivity contribution < 1.29 is 9.90 Å². The van der Waals surface area contributed by atoms with E-state index in [1.807, 2.05) is 0 Å². The standard InChI is InChI=1S/C6H3BrN4O2/c7-4-2-1-3(6(12)13)5-8-9-10-11(4)5/h1-2H,(H,12,13). The second kappa shape index (κ2) is 2.77. The Morgan fingerprint density at radius 3 is 3.00 bits per heavy atom. The van der Waals surface area contributed by atoms with Gasteiger partial charge in [-0.15, -0.1) is 5.10 Å². The molecule has 1 N–H and O–H groups in total. The summed E-state index contributed by atoms with van der Waals surface area (Å²) in [6, 6.07) is 3.02. The van der Waals surface area contributed by atoms with Crippen LogP contribution in [0.2, 0.25) is 0 Å². The number of nitrogens with zero attached hydrogens (tertiary/aromatic N) is 4. The average Bonchev–Trinajstić information content (AvgIpc) is 2.53. The van der Waals surface area contributed by atoms with Gasteiger partial charge in [0.05, 0.1) is 0 Å². The van der Waals surface area contributed by atoms with Crippen LogP contribution in [0.15, 0.2) is 16.7 Å². The van der Waals surface area contributed by atoms with Crippen LogP contribution in [0.25, 0.3) is 5.65 Å². The molecule has 66 valence electrons. The molecule has 0 fully saturated rings. The van der Waals surface area contributed by atoms with E-state index in [4.69, 9.17) is 5.11 Å². The van der Waals surface area contributed by atoms with E-state index in [1.165, 1.54) is 10.6 Å². The molecule has 0 aromatic carbocycles. The second-order valence-electron chi connectivity index (χ2n) is 2.29. The summed E-state index contributed by atoms with van der Waals surface area (Å²) in [6.07, 6.45) is 0. The first-order valence-electron chi connectivity index (χ1n) is 3.30. The molecule has 2 rings (SSSR count). The summed E-state index contributed by atoms with van der Waals surface area (Å²) in [4.78, 5) is 10.7. The number of fused-ring (bicyclic) bond motifs is 1.